The van der Waals surface area contributed by atoms with Crippen LogP contribution in [-0.4, -0.2) is 31.3 Å². The second kappa shape index (κ2) is 5.32. The minimum atomic E-state index is -0.502. The van der Waals surface area contributed by atoms with Gasteiger partial charge < -0.3 is 15.2 Å². The summed E-state index contributed by atoms with van der Waals surface area (Å²) in [5, 5.41) is 0. The van der Waals surface area contributed by atoms with Gasteiger partial charge in [0, 0.05) is 12.8 Å². The molecule has 1 fully saturated rings. The molecule has 0 amide bonds. The molecule has 2 N–H and O–H groups in total. The van der Waals surface area contributed by atoms with Crippen LogP contribution in [0.2, 0.25) is 0 Å². The van der Waals surface area contributed by atoms with Crippen LogP contribution in [0.3, 0.4) is 0 Å². The van der Waals surface area contributed by atoms with E-state index in [9.17, 15) is 4.79 Å². The molecule has 0 aliphatic carbocycles. The summed E-state index contributed by atoms with van der Waals surface area (Å²) in [5.41, 5.74) is 5.67. The molecular formula is C10H19NO3. The third-order valence-electron chi connectivity index (χ3n) is 2.44. The normalized spacial score (nSPS) is 20.9. The van der Waals surface area contributed by atoms with Crippen molar-refractivity contribution in [1.29, 1.82) is 0 Å². The molecule has 1 aliphatic heterocycles. The number of nitrogens with two attached hydrogens (primary N) is 1. The predicted molar refractivity (Wildman–Crippen MR) is 52.7 cm³/mol. The summed E-state index contributed by atoms with van der Waals surface area (Å²) in [6.45, 7) is 5.18. The second-order valence-electron chi connectivity index (χ2n) is 4.02. The highest BCUT2D eigenvalue weighted by Crippen LogP contribution is 2.12. The van der Waals surface area contributed by atoms with E-state index in [2.05, 4.69) is 0 Å². The standard InChI is InChI=1S/C10H19NO3/c1-7(2)9(11)10(12)14-8-3-5-13-6-4-8/h7-9H,3-6,11H2,1-2H3. The lowest BCUT2D eigenvalue weighted by Crippen LogP contribution is -2.40. The Morgan fingerprint density at radius 3 is 2.50 bits per heavy atom. The largest absolute Gasteiger partial charge is 0.461 e. The van der Waals surface area contributed by atoms with Crippen LogP contribution in [0.1, 0.15) is 26.7 Å². The summed E-state index contributed by atoms with van der Waals surface area (Å²) in [7, 11) is 0. The first-order valence-electron chi connectivity index (χ1n) is 5.15. The van der Waals surface area contributed by atoms with E-state index in [1.54, 1.807) is 0 Å². The Hall–Kier alpha value is -0.610. The van der Waals surface area contributed by atoms with Crippen LogP contribution in [0.25, 0.3) is 0 Å². The zero-order chi connectivity index (χ0) is 10.6. The minimum absolute atomic E-state index is 0.000972. The van der Waals surface area contributed by atoms with Crippen LogP contribution in [0.4, 0.5) is 0 Å². The molecule has 1 unspecified atom stereocenters. The third kappa shape index (κ3) is 3.27. The highest BCUT2D eigenvalue weighted by atomic mass is 16.6. The van der Waals surface area contributed by atoms with Crippen molar-refractivity contribution in [3.63, 3.8) is 0 Å². The van der Waals surface area contributed by atoms with E-state index in [0.717, 1.165) is 12.8 Å². The van der Waals surface area contributed by atoms with Crippen LogP contribution < -0.4 is 5.73 Å². The molecule has 1 rings (SSSR count). The Kier molecular flexibility index (Phi) is 4.35. The SMILES string of the molecule is CC(C)C(N)C(=O)OC1CCOCC1. The number of rotatable bonds is 3. The molecule has 1 saturated heterocycles. The van der Waals surface area contributed by atoms with Crippen molar-refractivity contribution in [2.45, 2.75) is 38.8 Å². The summed E-state index contributed by atoms with van der Waals surface area (Å²) >= 11 is 0. The maximum Gasteiger partial charge on any atom is 0.323 e. The number of hydrogen-bond donors (Lipinski definition) is 1. The van der Waals surface area contributed by atoms with Crippen LogP contribution >= 0.6 is 0 Å². The summed E-state index contributed by atoms with van der Waals surface area (Å²) in [6.07, 6.45) is 1.58. The van der Waals surface area contributed by atoms with Crippen molar-refractivity contribution in [3.8, 4) is 0 Å². The molecule has 4 heteroatoms. The van der Waals surface area contributed by atoms with Gasteiger partial charge in [-0.05, 0) is 5.92 Å². The maximum absolute atomic E-state index is 11.5. The monoisotopic (exact) mass is 201 g/mol. The van der Waals surface area contributed by atoms with E-state index < -0.39 is 6.04 Å². The summed E-state index contributed by atoms with van der Waals surface area (Å²) in [6, 6.07) is -0.502. The topological polar surface area (TPSA) is 61.6 Å². The zero-order valence-electron chi connectivity index (χ0n) is 8.86. The first-order chi connectivity index (χ1) is 6.61. The Balaban J connectivity index is 2.31. The lowest BCUT2D eigenvalue weighted by molar-refractivity contribution is -0.155. The van der Waals surface area contributed by atoms with Crippen molar-refractivity contribution in [1.82, 2.24) is 0 Å². The number of hydrogen-bond acceptors (Lipinski definition) is 4. The molecule has 0 aromatic heterocycles. The van der Waals surface area contributed by atoms with Gasteiger partial charge in [-0.3, -0.25) is 4.79 Å². The van der Waals surface area contributed by atoms with Crippen molar-refractivity contribution in [2.75, 3.05) is 13.2 Å². The molecular weight excluding hydrogens is 182 g/mol. The van der Waals surface area contributed by atoms with Gasteiger partial charge in [-0.25, -0.2) is 0 Å². The Morgan fingerprint density at radius 2 is 2.00 bits per heavy atom. The number of esters is 1. The molecule has 0 bridgehead atoms. The predicted octanol–water partition coefficient (Wildman–Crippen LogP) is 0.692. The van der Waals surface area contributed by atoms with Crippen molar-refractivity contribution >= 4 is 5.97 Å². The van der Waals surface area contributed by atoms with Gasteiger partial charge in [0.25, 0.3) is 0 Å². The average molecular weight is 201 g/mol. The maximum atomic E-state index is 11.5. The van der Waals surface area contributed by atoms with E-state index in [4.69, 9.17) is 15.2 Å². The summed E-state index contributed by atoms with van der Waals surface area (Å²) in [5.74, 6) is -0.158. The van der Waals surface area contributed by atoms with E-state index in [0.29, 0.717) is 13.2 Å². The highest BCUT2D eigenvalue weighted by Gasteiger charge is 2.23. The fourth-order valence-electron chi connectivity index (χ4n) is 1.31. The fraction of sp³-hybridized carbons (Fsp3) is 0.900. The van der Waals surface area contributed by atoms with Crippen LogP contribution in [-0.2, 0) is 14.3 Å². The van der Waals surface area contributed by atoms with Crippen LogP contribution in [0.15, 0.2) is 0 Å². The molecule has 14 heavy (non-hydrogen) atoms. The van der Waals surface area contributed by atoms with Crippen LogP contribution in [0, 0.1) is 5.92 Å². The van der Waals surface area contributed by atoms with E-state index in [1.165, 1.54) is 0 Å². The number of carbonyl (C=O) groups excluding carboxylic acids is 1. The number of carbonyl (C=O) groups is 1. The molecule has 1 heterocycles. The van der Waals surface area contributed by atoms with E-state index in [-0.39, 0.29) is 18.0 Å². The lowest BCUT2D eigenvalue weighted by atomic mass is 10.1. The molecule has 1 atom stereocenters. The van der Waals surface area contributed by atoms with Crippen molar-refractivity contribution < 1.29 is 14.3 Å². The molecule has 82 valence electrons. The van der Waals surface area contributed by atoms with Crippen molar-refractivity contribution in [3.05, 3.63) is 0 Å². The first-order valence-corrected chi connectivity index (χ1v) is 5.15. The molecule has 0 saturated carbocycles. The molecule has 4 nitrogen and oxygen atoms in total. The molecule has 0 aromatic rings. The second-order valence-corrected chi connectivity index (χ2v) is 4.02. The van der Waals surface area contributed by atoms with Gasteiger partial charge in [0.05, 0.1) is 13.2 Å². The van der Waals surface area contributed by atoms with Gasteiger partial charge in [-0.15, -0.1) is 0 Å². The molecule has 0 radical (unpaired) electrons. The zero-order valence-corrected chi connectivity index (χ0v) is 8.86. The fourth-order valence-corrected chi connectivity index (χ4v) is 1.31. The summed E-state index contributed by atoms with van der Waals surface area (Å²) < 4.78 is 10.4. The van der Waals surface area contributed by atoms with E-state index >= 15 is 0 Å². The number of ether oxygens (including phenoxy) is 2. The Labute approximate surface area is 84.7 Å². The molecule has 0 aromatic carbocycles. The van der Waals surface area contributed by atoms with Gasteiger partial charge in [0.2, 0.25) is 0 Å². The quantitative estimate of drug-likeness (QED) is 0.682. The van der Waals surface area contributed by atoms with Crippen molar-refractivity contribution in [2.24, 2.45) is 11.7 Å². The Morgan fingerprint density at radius 1 is 1.43 bits per heavy atom. The van der Waals surface area contributed by atoms with Gasteiger partial charge in [-0.1, -0.05) is 13.8 Å². The smallest absolute Gasteiger partial charge is 0.323 e. The van der Waals surface area contributed by atoms with E-state index in [1.807, 2.05) is 13.8 Å². The van der Waals surface area contributed by atoms with Gasteiger partial charge in [0.1, 0.15) is 12.1 Å². The first kappa shape index (κ1) is 11.5. The highest BCUT2D eigenvalue weighted by molar-refractivity contribution is 5.75. The van der Waals surface area contributed by atoms with Crippen LogP contribution in [0.5, 0.6) is 0 Å². The molecule has 1 aliphatic rings. The summed E-state index contributed by atoms with van der Waals surface area (Å²) in [4.78, 5) is 11.5. The third-order valence-corrected chi connectivity index (χ3v) is 2.44. The molecule has 0 spiro atoms. The van der Waals surface area contributed by atoms with Gasteiger partial charge in [0.15, 0.2) is 0 Å². The lowest BCUT2D eigenvalue weighted by Gasteiger charge is -2.24. The Bertz CT molecular complexity index is 188. The minimum Gasteiger partial charge on any atom is -0.461 e. The van der Waals surface area contributed by atoms with Gasteiger partial charge >= 0.3 is 5.97 Å². The van der Waals surface area contributed by atoms with Gasteiger partial charge in [-0.2, -0.15) is 0 Å². The average Bonchev–Trinajstić information content (AvgIpc) is 2.18.